The van der Waals surface area contributed by atoms with Crippen molar-refractivity contribution >= 4 is 28.6 Å². The van der Waals surface area contributed by atoms with Crippen LogP contribution in [0, 0.1) is 11.6 Å². The van der Waals surface area contributed by atoms with Crippen molar-refractivity contribution in [3.05, 3.63) is 136 Å². The number of hydrogen-bond acceptors (Lipinski definition) is 5. The predicted octanol–water partition coefficient (Wildman–Crippen LogP) is 7.36. The van der Waals surface area contributed by atoms with Crippen molar-refractivity contribution in [1.82, 2.24) is 19.5 Å². The van der Waals surface area contributed by atoms with E-state index in [1.807, 2.05) is 22.9 Å². The molecular formula is C33H25ClF2N4O3. The second-order valence-corrected chi connectivity index (χ2v) is 10.3. The van der Waals surface area contributed by atoms with Crippen LogP contribution in [-0.2, 0) is 24.3 Å². The number of hydrogen-bond donors (Lipinski definition) is 1. The Balaban J connectivity index is 1.26. The Labute approximate surface area is 250 Å². The van der Waals surface area contributed by atoms with Crippen LogP contribution in [0.4, 0.5) is 8.78 Å². The summed E-state index contributed by atoms with van der Waals surface area (Å²) < 4.78 is 42.2. The van der Waals surface area contributed by atoms with Gasteiger partial charge in [0.1, 0.15) is 24.1 Å². The SMILES string of the molecule is COC(=O)c1ccc2nc(Cc3ccc(-c4cccc(OCc5ccc(Cl)cc5F)n4)cc3F)n(Cc3ccc[nH]3)c2c1. The van der Waals surface area contributed by atoms with Gasteiger partial charge in [0.2, 0.25) is 5.88 Å². The number of carbonyl (C=O) groups is 1. The van der Waals surface area contributed by atoms with Crippen LogP contribution in [-0.4, -0.2) is 32.6 Å². The van der Waals surface area contributed by atoms with Gasteiger partial charge in [0.05, 0.1) is 35.9 Å². The number of ether oxygens (including phenoxy) is 2. The van der Waals surface area contributed by atoms with Gasteiger partial charge in [-0.2, -0.15) is 0 Å². The van der Waals surface area contributed by atoms with Crippen molar-refractivity contribution in [2.45, 2.75) is 19.6 Å². The molecular weight excluding hydrogens is 574 g/mol. The number of aromatic amines is 1. The zero-order chi connectivity index (χ0) is 29.9. The quantitative estimate of drug-likeness (QED) is 0.176. The summed E-state index contributed by atoms with van der Waals surface area (Å²) in [5.74, 6) is -0.408. The number of nitrogens with zero attached hydrogens (tertiary/aromatic N) is 3. The molecule has 7 nitrogen and oxygen atoms in total. The highest BCUT2D eigenvalue weighted by Crippen LogP contribution is 2.27. The van der Waals surface area contributed by atoms with Crippen LogP contribution >= 0.6 is 11.6 Å². The van der Waals surface area contributed by atoms with Crippen molar-refractivity contribution in [3.63, 3.8) is 0 Å². The van der Waals surface area contributed by atoms with E-state index in [-0.39, 0.29) is 18.9 Å². The van der Waals surface area contributed by atoms with Crippen molar-refractivity contribution in [2.75, 3.05) is 7.11 Å². The second kappa shape index (κ2) is 12.1. The van der Waals surface area contributed by atoms with Gasteiger partial charge in [0.25, 0.3) is 0 Å². The van der Waals surface area contributed by atoms with Crippen molar-refractivity contribution in [1.29, 1.82) is 0 Å². The topological polar surface area (TPSA) is 82.0 Å². The highest BCUT2D eigenvalue weighted by Gasteiger charge is 2.17. The molecule has 0 aliphatic carbocycles. The summed E-state index contributed by atoms with van der Waals surface area (Å²) in [4.78, 5) is 24.6. The van der Waals surface area contributed by atoms with E-state index < -0.39 is 17.6 Å². The average Bonchev–Trinajstić information content (AvgIpc) is 3.65. The van der Waals surface area contributed by atoms with Gasteiger partial charge in [-0.25, -0.2) is 23.5 Å². The highest BCUT2D eigenvalue weighted by molar-refractivity contribution is 6.30. The number of benzene rings is 3. The van der Waals surface area contributed by atoms with Crippen LogP contribution in [0.2, 0.25) is 5.02 Å². The molecule has 0 saturated heterocycles. The number of pyridine rings is 1. The summed E-state index contributed by atoms with van der Waals surface area (Å²) in [7, 11) is 1.34. The number of imidazole rings is 1. The Kier molecular flexibility index (Phi) is 7.89. The number of aromatic nitrogens is 4. The largest absolute Gasteiger partial charge is 0.473 e. The number of methoxy groups -OCH3 is 1. The van der Waals surface area contributed by atoms with Crippen LogP contribution in [0.15, 0.2) is 91.1 Å². The van der Waals surface area contributed by atoms with E-state index in [1.165, 1.54) is 19.2 Å². The Hall–Kier alpha value is -5.02. The lowest BCUT2D eigenvalue weighted by Gasteiger charge is -2.11. The Bertz CT molecular complexity index is 1940. The molecule has 0 saturated carbocycles. The van der Waals surface area contributed by atoms with Gasteiger partial charge >= 0.3 is 5.97 Å². The first-order valence-electron chi connectivity index (χ1n) is 13.4. The number of halogens is 3. The van der Waals surface area contributed by atoms with Crippen molar-refractivity contribution < 1.29 is 23.0 Å². The maximum atomic E-state index is 15.5. The number of H-pyrrole nitrogens is 1. The minimum Gasteiger partial charge on any atom is -0.473 e. The number of carbonyl (C=O) groups excluding carboxylic acids is 1. The molecule has 3 aromatic carbocycles. The lowest BCUT2D eigenvalue weighted by Crippen LogP contribution is -2.08. The molecule has 6 rings (SSSR count). The standard InChI is InChI=1S/C33H25ClF2N4O3/c1-42-33(41)22-10-12-29-30(15-22)40(18-25-4-3-13-37-25)31(38-29)16-20-7-8-21(14-26(20)35)28-5-2-6-32(39-28)43-19-23-9-11-24(34)17-27(23)36/h2-15,17,37H,16,18-19H2,1H3. The van der Waals surface area contributed by atoms with Crippen LogP contribution < -0.4 is 4.74 Å². The minimum atomic E-state index is -0.466. The first kappa shape index (κ1) is 28.1. The van der Waals surface area contributed by atoms with Crippen LogP contribution in [0.25, 0.3) is 22.3 Å². The molecule has 0 bridgehead atoms. The maximum Gasteiger partial charge on any atom is 0.337 e. The predicted molar refractivity (Wildman–Crippen MR) is 159 cm³/mol. The van der Waals surface area contributed by atoms with E-state index in [0.29, 0.717) is 50.9 Å². The zero-order valence-electron chi connectivity index (χ0n) is 23.0. The van der Waals surface area contributed by atoms with Crippen LogP contribution in [0.3, 0.4) is 0 Å². The first-order valence-corrected chi connectivity index (χ1v) is 13.8. The fraction of sp³-hybridized carbons (Fsp3) is 0.121. The molecule has 0 fully saturated rings. The van der Waals surface area contributed by atoms with E-state index in [1.54, 1.807) is 60.7 Å². The second-order valence-electron chi connectivity index (χ2n) is 9.87. The molecule has 1 N–H and O–H groups in total. The lowest BCUT2D eigenvalue weighted by molar-refractivity contribution is 0.0601. The molecule has 0 amide bonds. The molecule has 0 radical (unpaired) electrons. The van der Waals surface area contributed by atoms with Gasteiger partial charge in [-0.1, -0.05) is 35.9 Å². The van der Waals surface area contributed by atoms with Crippen LogP contribution in [0.5, 0.6) is 5.88 Å². The summed E-state index contributed by atoms with van der Waals surface area (Å²) in [6.07, 6.45) is 2.05. The summed E-state index contributed by atoms with van der Waals surface area (Å²) in [5, 5.41) is 0.303. The number of esters is 1. The minimum absolute atomic E-state index is 0.0304. The Morgan fingerprint density at radius 2 is 1.77 bits per heavy atom. The van der Waals surface area contributed by atoms with Crippen molar-refractivity contribution in [2.24, 2.45) is 0 Å². The third-order valence-electron chi connectivity index (χ3n) is 7.05. The smallest absolute Gasteiger partial charge is 0.337 e. The van der Waals surface area contributed by atoms with E-state index in [2.05, 4.69) is 9.97 Å². The molecule has 216 valence electrons. The summed E-state index contributed by atoms with van der Waals surface area (Å²) in [6.45, 7) is 0.428. The molecule has 0 aliphatic heterocycles. The van der Waals surface area contributed by atoms with Gasteiger partial charge in [-0.05, 0) is 60.2 Å². The lowest BCUT2D eigenvalue weighted by atomic mass is 10.1. The number of nitrogens with one attached hydrogen (secondary N) is 1. The molecule has 3 aromatic heterocycles. The zero-order valence-corrected chi connectivity index (χ0v) is 23.7. The van der Waals surface area contributed by atoms with Gasteiger partial charge in [0, 0.05) is 40.5 Å². The average molecular weight is 599 g/mol. The van der Waals surface area contributed by atoms with Crippen LogP contribution in [0.1, 0.15) is 33.0 Å². The molecule has 6 aromatic rings. The molecule has 10 heteroatoms. The molecule has 3 heterocycles. The molecule has 0 aliphatic rings. The third kappa shape index (κ3) is 6.12. The Morgan fingerprint density at radius 1 is 0.930 bits per heavy atom. The van der Waals surface area contributed by atoms with Gasteiger partial charge < -0.3 is 19.0 Å². The molecule has 0 unspecified atom stereocenters. The summed E-state index contributed by atoms with van der Waals surface area (Å²) >= 11 is 5.82. The van der Waals surface area contributed by atoms with E-state index in [4.69, 9.17) is 26.1 Å². The fourth-order valence-corrected chi connectivity index (χ4v) is 4.99. The van der Waals surface area contributed by atoms with E-state index in [9.17, 15) is 9.18 Å². The normalized spacial score (nSPS) is 11.2. The number of rotatable bonds is 9. The fourth-order valence-electron chi connectivity index (χ4n) is 4.83. The van der Waals surface area contributed by atoms with E-state index >= 15 is 4.39 Å². The Morgan fingerprint density at radius 3 is 2.53 bits per heavy atom. The molecule has 0 atom stereocenters. The highest BCUT2D eigenvalue weighted by atomic mass is 35.5. The first-order chi connectivity index (χ1) is 20.9. The monoisotopic (exact) mass is 598 g/mol. The number of fused-ring (bicyclic) bond motifs is 1. The van der Waals surface area contributed by atoms with Gasteiger partial charge in [0.15, 0.2) is 0 Å². The van der Waals surface area contributed by atoms with Gasteiger partial charge in [-0.3, -0.25) is 0 Å². The summed E-state index contributed by atoms with van der Waals surface area (Å²) in [6, 6.07) is 23.5. The maximum absolute atomic E-state index is 15.5. The van der Waals surface area contributed by atoms with Crippen molar-refractivity contribution in [3.8, 4) is 17.1 Å². The summed E-state index contributed by atoms with van der Waals surface area (Å²) in [5.41, 5.74) is 4.63. The third-order valence-corrected chi connectivity index (χ3v) is 7.29. The van der Waals surface area contributed by atoms with E-state index in [0.717, 1.165) is 11.2 Å². The van der Waals surface area contributed by atoms with Gasteiger partial charge in [-0.15, -0.1) is 0 Å². The molecule has 43 heavy (non-hydrogen) atoms. The molecule has 0 spiro atoms.